The Balaban J connectivity index is 2.01. The van der Waals surface area contributed by atoms with Gasteiger partial charge < -0.3 is 10.2 Å². The van der Waals surface area contributed by atoms with Crippen molar-refractivity contribution in [3.8, 4) is 0 Å². The lowest BCUT2D eigenvalue weighted by Crippen LogP contribution is -2.56. The molecule has 1 N–H and O–H groups in total. The Hall–Kier alpha value is -0.120. The molecule has 0 radical (unpaired) electrons. The maximum absolute atomic E-state index is 3.85. The number of hydrogen-bond acceptors (Lipinski definition) is 3. The van der Waals surface area contributed by atoms with Crippen LogP contribution in [0, 0.1) is 11.8 Å². The van der Waals surface area contributed by atoms with Gasteiger partial charge >= 0.3 is 0 Å². The van der Waals surface area contributed by atoms with E-state index in [2.05, 4.69) is 50.0 Å². The summed E-state index contributed by atoms with van der Waals surface area (Å²) in [5, 5.41) is 3.85. The molecule has 118 valence electrons. The Labute approximate surface area is 126 Å². The minimum Gasteiger partial charge on any atom is -0.312 e. The van der Waals surface area contributed by atoms with E-state index in [0.29, 0.717) is 6.04 Å². The molecule has 1 saturated heterocycles. The minimum atomic E-state index is 0.703. The van der Waals surface area contributed by atoms with Crippen LogP contribution in [0.2, 0.25) is 0 Å². The van der Waals surface area contributed by atoms with Crippen LogP contribution in [0.15, 0.2) is 0 Å². The highest BCUT2D eigenvalue weighted by Crippen LogP contribution is 2.34. The fraction of sp³-hybridized carbons (Fsp3) is 1.00. The van der Waals surface area contributed by atoms with E-state index in [1.165, 1.54) is 45.3 Å². The molecule has 20 heavy (non-hydrogen) atoms. The van der Waals surface area contributed by atoms with Gasteiger partial charge in [0.1, 0.15) is 0 Å². The third-order valence-corrected chi connectivity index (χ3v) is 5.43. The molecular formula is C17H35N3. The molecule has 5 atom stereocenters. The molecule has 1 aliphatic carbocycles. The van der Waals surface area contributed by atoms with Gasteiger partial charge in [0.15, 0.2) is 0 Å². The van der Waals surface area contributed by atoms with Crippen molar-refractivity contribution < 1.29 is 0 Å². The van der Waals surface area contributed by atoms with Crippen LogP contribution in [0.5, 0.6) is 0 Å². The molecule has 0 aromatic rings. The van der Waals surface area contributed by atoms with Gasteiger partial charge in [-0.1, -0.05) is 20.8 Å². The summed E-state index contributed by atoms with van der Waals surface area (Å²) >= 11 is 0. The fourth-order valence-corrected chi connectivity index (χ4v) is 4.45. The Morgan fingerprint density at radius 3 is 2.55 bits per heavy atom. The molecule has 0 aromatic heterocycles. The van der Waals surface area contributed by atoms with E-state index in [1.807, 2.05) is 0 Å². The maximum atomic E-state index is 3.85. The molecule has 3 nitrogen and oxygen atoms in total. The van der Waals surface area contributed by atoms with Gasteiger partial charge in [0.05, 0.1) is 0 Å². The van der Waals surface area contributed by atoms with Crippen molar-refractivity contribution in [2.24, 2.45) is 11.8 Å². The van der Waals surface area contributed by atoms with Gasteiger partial charge in [-0.05, 0) is 58.2 Å². The van der Waals surface area contributed by atoms with E-state index < -0.39 is 0 Å². The Bertz CT molecular complexity index is 292. The molecule has 1 aliphatic heterocycles. The largest absolute Gasteiger partial charge is 0.312 e. The van der Waals surface area contributed by atoms with Crippen LogP contribution in [0.1, 0.15) is 46.5 Å². The van der Waals surface area contributed by atoms with Gasteiger partial charge in [-0.3, -0.25) is 4.90 Å². The summed E-state index contributed by atoms with van der Waals surface area (Å²) in [4.78, 5) is 5.19. The first kappa shape index (κ1) is 16.3. The summed E-state index contributed by atoms with van der Waals surface area (Å²) in [7, 11) is 4.46. The monoisotopic (exact) mass is 281 g/mol. The summed E-state index contributed by atoms with van der Waals surface area (Å²) in [6.07, 6.45) is 5.34. The van der Waals surface area contributed by atoms with Crippen molar-refractivity contribution in [1.82, 2.24) is 15.1 Å². The molecule has 5 unspecified atom stereocenters. The SMILES string of the molecule is CCCNC1CC(C)CC(C)C1N1CCC(N(C)C)C1. The van der Waals surface area contributed by atoms with Crippen LogP contribution >= 0.6 is 0 Å². The lowest BCUT2D eigenvalue weighted by Gasteiger charge is -2.45. The molecule has 2 aliphatic rings. The predicted molar refractivity (Wildman–Crippen MR) is 87.1 cm³/mol. The van der Waals surface area contributed by atoms with E-state index in [1.54, 1.807) is 0 Å². The Morgan fingerprint density at radius 1 is 1.20 bits per heavy atom. The summed E-state index contributed by atoms with van der Waals surface area (Å²) in [5.41, 5.74) is 0. The minimum absolute atomic E-state index is 0.703. The zero-order valence-corrected chi connectivity index (χ0v) is 14.2. The predicted octanol–water partition coefficient (Wildman–Crippen LogP) is 2.43. The van der Waals surface area contributed by atoms with Crippen LogP contribution in [-0.2, 0) is 0 Å². The second-order valence-electron chi connectivity index (χ2n) is 7.51. The highest BCUT2D eigenvalue weighted by Gasteiger charge is 2.40. The molecular weight excluding hydrogens is 246 g/mol. The van der Waals surface area contributed by atoms with E-state index in [9.17, 15) is 0 Å². The van der Waals surface area contributed by atoms with Crippen LogP contribution in [0.25, 0.3) is 0 Å². The highest BCUT2D eigenvalue weighted by molar-refractivity contribution is 4.97. The first-order chi connectivity index (χ1) is 9.52. The molecule has 3 heteroatoms. The number of nitrogens with zero attached hydrogens (tertiary/aromatic N) is 2. The first-order valence-electron chi connectivity index (χ1n) is 8.66. The van der Waals surface area contributed by atoms with Crippen molar-refractivity contribution in [2.75, 3.05) is 33.7 Å². The zero-order valence-electron chi connectivity index (χ0n) is 14.2. The van der Waals surface area contributed by atoms with Gasteiger partial charge in [0, 0.05) is 31.2 Å². The standard InChI is InChI=1S/C17H35N3/c1-6-8-18-16-11-13(2)10-14(3)17(16)20-9-7-15(12-20)19(4)5/h13-18H,6-12H2,1-5H3. The zero-order chi connectivity index (χ0) is 14.7. The lowest BCUT2D eigenvalue weighted by molar-refractivity contribution is 0.0742. The van der Waals surface area contributed by atoms with Crippen LogP contribution in [0.3, 0.4) is 0 Å². The average molecular weight is 281 g/mol. The molecule has 0 amide bonds. The smallest absolute Gasteiger partial charge is 0.0275 e. The molecule has 0 spiro atoms. The van der Waals surface area contributed by atoms with Crippen molar-refractivity contribution in [2.45, 2.75) is 64.6 Å². The van der Waals surface area contributed by atoms with E-state index in [4.69, 9.17) is 0 Å². The second-order valence-corrected chi connectivity index (χ2v) is 7.51. The number of rotatable bonds is 5. The third-order valence-electron chi connectivity index (χ3n) is 5.43. The highest BCUT2D eigenvalue weighted by atomic mass is 15.3. The summed E-state index contributed by atoms with van der Waals surface area (Å²) < 4.78 is 0. The van der Waals surface area contributed by atoms with Crippen LogP contribution < -0.4 is 5.32 Å². The van der Waals surface area contributed by atoms with Crippen molar-refractivity contribution in [1.29, 1.82) is 0 Å². The summed E-state index contributed by atoms with van der Waals surface area (Å²) in [5.74, 6) is 1.71. The molecule has 0 bridgehead atoms. The van der Waals surface area contributed by atoms with E-state index in [-0.39, 0.29) is 0 Å². The van der Waals surface area contributed by atoms with Gasteiger partial charge in [0.25, 0.3) is 0 Å². The van der Waals surface area contributed by atoms with Crippen molar-refractivity contribution >= 4 is 0 Å². The van der Waals surface area contributed by atoms with Gasteiger partial charge in [-0.15, -0.1) is 0 Å². The first-order valence-corrected chi connectivity index (χ1v) is 8.66. The quantitative estimate of drug-likeness (QED) is 0.835. The lowest BCUT2D eigenvalue weighted by atomic mass is 9.76. The molecule has 0 aromatic carbocycles. The second kappa shape index (κ2) is 7.24. The van der Waals surface area contributed by atoms with Gasteiger partial charge in [-0.25, -0.2) is 0 Å². The van der Waals surface area contributed by atoms with Crippen LogP contribution in [0.4, 0.5) is 0 Å². The van der Waals surface area contributed by atoms with Gasteiger partial charge in [-0.2, -0.15) is 0 Å². The molecule has 2 fully saturated rings. The summed E-state index contributed by atoms with van der Waals surface area (Å²) in [6.45, 7) is 10.9. The normalized spacial score (nSPS) is 39.6. The number of nitrogens with one attached hydrogen (secondary N) is 1. The van der Waals surface area contributed by atoms with Gasteiger partial charge in [0.2, 0.25) is 0 Å². The number of hydrogen-bond donors (Lipinski definition) is 1. The maximum Gasteiger partial charge on any atom is 0.0275 e. The Kier molecular flexibility index (Phi) is 5.88. The van der Waals surface area contributed by atoms with E-state index >= 15 is 0 Å². The van der Waals surface area contributed by atoms with Crippen molar-refractivity contribution in [3.63, 3.8) is 0 Å². The number of likely N-dealkylation sites (tertiary alicyclic amines) is 1. The topological polar surface area (TPSA) is 18.5 Å². The third kappa shape index (κ3) is 3.75. The van der Waals surface area contributed by atoms with Crippen molar-refractivity contribution in [3.05, 3.63) is 0 Å². The Morgan fingerprint density at radius 2 is 1.95 bits per heavy atom. The summed E-state index contributed by atoms with van der Waals surface area (Å²) in [6, 6.07) is 2.21. The number of likely N-dealkylation sites (N-methyl/N-ethyl adjacent to an activating group) is 1. The van der Waals surface area contributed by atoms with E-state index in [0.717, 1.165) is 23.9 Å². The fourth-order valence-electron chi connectivity index (χ4n) is 4.45. The average Bonchev–Trinajstić information content (AvgIpc) is 2.85. The van der Waals surface area contributed by atoms with Crippen LogP contribution in [-0.4, -0.2) is 61.7 Å². The molecule has 1 heterocycles. The molecule has 1 saturated carbocycles. The molecule has 2 rings (SSSR count).